The number of aromatic nitrogens is 3. The molecule has 0 unspecified atom stereocenters. The maximum absolute atomic E-state index is 12.8. The predicted molar refractivity (Wildman–Crippen MR) is 130 cm³/mol. The zero-order valence-corrected chi connectivity index (χ0v) is 20.2. The van der Waals surface area contributed by atoms with Gasteiger partial charge in [0.25, 0.3) is 0 Å². The Labute approximate surface area is 196 Å². The lowest BCUT2D eigenvalue weighted by atomic mass is 9.89. The number of hydrogen-bond acceptors (Lipinski definition) is 5. The van der Waals surface area contributed by atoms with Crippen molar-refractivity contribution in [1.29, 1.82) is 0 Å². The van der Waals surface area contributed by atoms with Crippen LogP contribution in [-0.4, -0.2) is 62.9 Å². The van der Waals surface area contributed by atoms with Crippen LogP contribution in [-0.2, 0) is 17.9 Å². The Kier molecular flexibility index (Phi) is 8.62. The second-order valence-electron chi connectivity index (χ2n) is 9.37. The van der Waals surface area contributed by atoms with Gasteiger partial charge >= 0.3 is 0 Å². The number of rotatable bonds is 9. The van der Waals surface area contributed by atoms with Crippen molar-refractivity contribution in [2.75, 3.05) is 32.4 Å². The highest BCUT2D eigenvalue weighted by Gasteiger charge is 2.21. The molecule has 1 aromatic heterocycles. The number of carbonyl (C=O) groups is 1. The van der Waals surface area contributed by atoms with Crippen LogP contribution in [0.5, 0.6) is 0 Å². The van der Waals surface area contributed by atoms with Crippen LogP contribution in [0.4, 0.5) is 0 Å². The Morgan fingerprint density at radius 2 is 1.72 bits per heavy atom. The summed E-state index contributed by atoms with van der Waals surface area (Å²) in [5, 5.41) is 9.90. The van der Waals surface area contributed by atoms with Crippen molar-refractivity contribution in [1.82, 2.24) is 24.6 Å². The van der Waals surface area contributed by atoms with Gasteiger partial charge in [-0.1, -0.05) is 67.8 Å². The SMILES string of the molecule is CN(CC1CCCCC1)C(=O)CSc1nnc(CN2CCCCC2)n1Cc1ccccc1. The van der Waals surface area contributed by atoms with Gasteiger partial charge in [-0.15, -0.1) is 10.2 Å². The van der Waals surface area contributed by atoms with Gasteiger partial charge in [0.1, 0.15) is 5.82 Å². The molecule has 0 spiro atoms. The van der Waals surface area contributed by atoms with E-state index >= 15 is 0 Å². The van der Waals surface area contributed by atoms with Crippen LogP contribution in [0, 0.1) is 5.92 Å². The summed E-state index contributed by atoms with van der Waals surface area (Å²) in [5.41, 5.74) is 1.23. The van der Waals surface area contributed by atoms with Crippen molar-refractivity contribution in [3.63, 3.8) is 0 Å². The molecule has 2 fully saturated rings. The van der Waals surface area contributed by atoms with Gasteiger partial charge in [-0.3, -0.25) is 9.69 Å². The fourth-order valence-electron chi connectivity index (χ4n) is 4.88. The molecular weight excluding hydrogens is 418 g/mol. The van der Waals surface area contributed by atoms with Gasteiger partial charge < -0.3 is 9.47 Å². The van der Waals surface area contributed by atoms with Crippen LogP contribution >= 0.6 is 11.8 Å². The van der Waals surface area contributed by atoms with Gasteiger partial charge in [-0.25, -0.2) is 0 Å². The van der Waals surface area contributed by atoms with E-state index in [0.29, 0.717) is 11.7 Å². The Morgan fingerprint density at radius 3 is 2.47 bits per heavy atom. The molecule has 1 saturated heterocycles. The van der Waals surface area contributed by atoms with Crippen molar-refractivity contribution >= 4 is 17.7 Å². The van der Waals surface area contributed by atoms with Gasteiger partial charge in [0.15, 0.2) is 5.16 Å². The lowest BCUT2D eigenvalue weighted by Gasteiger charge is -2.27. The molecule has 6 nitrogen and oxygen atoms in total. The lowest BCUT2D eigenvalue weighted by Crippen LogP contribution is -2.33. The summed E-state index contributed by atoms with van der Waals surface area (Å²) in [6.07, 6.45) is 10.3. The summed E-state index contributed by atoms with van der Waals surface area (Å²) >= 11 is 1.53. The van der Waals surface area contributed by atoms with Crippen LogP contribution in [0.3, 0.4) is 0 Å². The highest BCUT2D eigenvalue weighted by molar-refractivity contribution is 7.99. The Balaban J connectivity index is 1.40. The number of benzene rings is 1. The Morgan fingerprint density at radius 1 is 1.00 bits per heavy atom. The second-order valence-corrected chi connectivity index (χ2v) is 10.3. The maximum Gasteiger partial charge on any atom is 0.232 e. The summed E-state index contributed by atoms with van der Waals surface area (Å²) in [4.78, 5) is 17.2. The summed E-state index contributed by atoms with van der Waals surface area (Å²) in [6, 6.07) is 10.5. The number of carbonyl (C=O) groups excluding carboxylic acids is 1. The molecule has 32 heavy (non-hydrogen) atoms. The normalized spacial score (nSPS) is 18.0. The van der Waals surface area contributed by atoms with Crippen LogP contribution < -0.4 is 0 Å². The topological polar surface area (TPSA) is 54.3 Å². The minimum absolute atomic E-state index is 0.187. The number of piperidine rings is 1. The zero-order valence-electron chi connectivity index (χ0n) is 19.4. The number of hydrogen-bond donors (Lipinski definition) is 0. The summed E-state index contributed by atoms with van der Waals surface area (Å²) < 4.78 is 2.21. The Hall–Kier alpha value is -1.86. The molecule has 0 bridgehead atoms. The summed E-state index contributed by atoms with van der Waals surface area (Å²) in [5.74, 6) is 2.27. The van der Waals surface area contributed by atoms with E-state index in [1.165, 1.54) is 68.7 Å². The quantitative estimate of drug-likeness (QED) is 0.523. The van der Waals surface area contributed by atoms with E-state index in [1.54, 1.807) is 0 Å². The number of amides is 1. The molecule has 0 radical (unpaired) electrons. The molecule has 7 heteroatoms. The standard InChI is InChI=1S/C25H37N5OS/c1-28(17-21-11-5-2-6-12-21)24(31)20-32-25-27-26-23(19-29-15-9-4-10-16-29)30(25)18-22-13-7-3-8-14-22/h3,7-8,13-14,21H,2,4-6,9-12,15-20H2,1H3. The molecule has 0 atom stereocenters. The monoisotopic (exact) mass is 455 g/mol. The molecule has 4 rings (SSSR count). The van der Waals surface area contributed by atoms with Crippen LogP contribution in [0.2, 0.25) is 0 Å². The third-order valence-electron chi connectivity index (χ3n) is 6.80. The van der Waals surface area contributed by atoms with Gasteiger partial charge in [-0.05, 0) is 50.3 Å². The molecule has 1 aliphatic heterocycles. The van der Waals surface area contributed by atoms with Crippen LogP contribution in [0.15, 0.2) is 35.5 Å². The van der Waals surface area contributed by atoms with Crippen molar-refractivity contribution in [3.8, 4) is 0 Å². The fraction of sp³-hybridized carbons (Fsp3) is 0.640. The third kappa shape index (κ3) is 6.58. The smallest absolute Gasteiger partial charge is 0.232 e. The van der Waals surface area contributed by atoms with Gasteiger partial charge in [0.05, 0.1) is 18.8 Å². The molecule has 2 aromatic rings. The third-order valence-corrected chi connectivity index (χ3v) is 7.75. The first kappa shape index (κ1) is 23.3. The summed E-state index contributed by atoms with van der Waals surface area (Å²) in [6.45, 7) is 4.72. The van der Waals surface area contributed by atoms with Crippen molar-refractivity contribution in [2.45, 2.75) is 69.6 Å². The average molecular weight is 456 g/mol. The zero-order chi connectivity index (χ0) is 22.2. The fourth-order valence-corrected chi connectivity index (χ4v) is 5.78. The van der Waals surface area contributed by atoms with E-state index in [1.807, 2.05) is 18.0 Å². The van der Waals surface area contributed by atoms with Crippen molar-refractivity contribution in [2.24, 2.45) is 5.92 Å². The van der Waals surface area contributed by atoms with Gasteiger partial charge in [-0.2, -0.15) is 0 Å². The molecule has 174 valence electrons. The molecule has 0 N–H and O–H groups in total. The first-order valence-electron chi connectivity index (χ1n) is 12.2. The summed E-state index contributed by atoms with van der Waals surface area (Å²) in [7, 11) is 1.95. The number of nitrogens with zero attached hydrogens (tertiary/aromatic N) is 5. The number of likely N-dealkylation sites (tertiary alicyclic amines) is 1. The minimum atomic E-state index is 0.187. The highest BCUT2D eigenvalue weighted by atomic mass is 32.2. The van der Waals surface area contributed by atoms with Gasteiger partial charge in [0, 0.05) is 13.6 Å². The molecule has 1 saturated carbocycles. The van der Waals surface area contributed by atoms with E-state index in [4.69, 9.17) is 0 Å². The van der Waals surface area contributed by atoms with E-state index in [9.17, 15) is 4.79 Å². The van der Waals surface area contributed by atoms with Crippen molar-refractivity contribution < 1.29 is 4.79 Å². The van der Waals surface area contributed by atoms with Crippen molar-refractivity contribution in [3.05, 3.63) is 41.7 Å². The molecule has 1 aliphatic carbocycles. The molecule has 2 aliphatic rings. The molecule has 1 aromatic carbocycles. The predicted octanol–water partition coefficient (Wildman–Crippen LogP) is 4.44. The first-order chi connectivity index (χ1) is 15.7. The second kappa shape index (κ2) is 11.8. The van der Waals surface area contributed by atoms with E-state index < -0.39 is 0 Å². The minimum Gasteiger partial charge on any atom is -0.345 e. The van der Waals surface area contributed by atoms with E-state index in [0.717, 1.165) is 43.7 Å². The Bertz CT molecular complexity index is 843. The lowest BCUT2D eigenvalue weighted by molar-refractivity contribution is -0.127. The van der Waals surface area contributed by atoms with E-state index in [-0.39, 0.29) is 5.91 Å². The maximum atomic E-state index is 12.8. The first-order valence-corrected chi connectivity index (χ1v) is 13.2. The number of thioether (sulfide) groups is 1. The van der Waals surface area contributed by atoms with Crippen LogP contribution in [0.1, 0.15) is 62.8 Å². The molecular formula is C25H37N5OS. The van der Waals surface area contributed by atoms with Gasteiger partial charge in [0.2, 0.25) is 5.91 Å². The average Bonchev–Trinajstić information content (AvgIpc) is 3.20. The molecule has 1 amide bonds. The largest absolute Gasteiger partial charge is 0.345 e. The molecule has 2 heterocycles. The highest BCUT2D eigenvalue weighted by Crippen LogP contribution is 2.25. The van der Waals surface area contributed by atoms with Crippen LogP contribution in [0.25, 0.3) is 0 Å². The van der Waals surface area contributed by atoms with E-state index in [2.05, 4.69) is 43.9 Å².